The van der Waals surface area contributed by atoms with Gasteiger partial charge in [0.1, 0.15) is 12.3 Å². The second kappa shape index (κ2) is 10.5. The molecule has 1 aromatic heterocycles. The Hall–Kier alpha value is -3.07. The van der Waals surface area contributed by atoms with Gasteiger partial charge >= 0.3 is 0 Å². The van der Waals surface area contributed by atoms with Gasteiger partial charge in [-0.05, 0) is 49.0 Å². The monoisotopic (exact) mass is 516 g/mol. The first kappa shape index (κ1) is 24.1. The number of rotatable bonds is 8. The van der Waals surface area contributed by atoms with Gasteiger partial charge < -0.3 is 14.8 Å². The molecule has 34 heavy (non-hydrogen) atoms. The van der Waals surface area contributed by atoms with Crippen LogP contribution >= 0.6 is 35.4 Å². The lowest BCUT2D eigenvalue weighted by atomic mass is 10.1. The lowest BCUT2D eigenvalue weighted by molar-refractivity contribution is -0.122. The number of halogens is 2. The van der Waals surface area contributed by atoms with Gasteiger partial charge in [-0.3, -0.25) is 14.4 Å². The van der Waals surface area contributed by atoms with Crippen LogP contribution in [0.5, 0.6) is 11.5 Å². The molecule has 1 N–H and O–H groups in total. The van der Waals surface area contributed by atoms with Crippen molar-refractivity contribution in [3.63, 3.8) is 0 Å². The summed E-state index contributed by atoms with van der Waals surface area (Å²) in [5, 5.41) is 8.52. The Morgan fingerprint density at radius 3 is 2.71 bits per heavy atom. The third-order valence-electron chi connectivity index (χ3n) is 5.21. The van der Waals surface area contributed by atoms with E-state index in [2.05, 4.69) is 10.4 Å². The van der Waals surface area contributed by atoms with E-state index < -0.39 is 0 Å². The molecule has 3 aromatic rings. The van der Waals surface area contributed by atoms with Crippen LogP contribution in [0.2, 0.25) is 10.0 Å². The lowest BCUT2D eigenvalue weighted by Gasteiger charge is -2.14. The fourth-order valence-corrected chi connectivity index (χ4v) is 4.04. The van der Waals surface area contributed by atoms with Gasteiger partial charge in [0, 0.05) is 23.9 Å². The molecule has 1 amide bonds. The molecule has 2 aromatic carbocycles. The van der Waals surface area contributed by atoms with Gasteiger partial charge in [-0.25, -0.2) is 0 Å². The Balaban J connectivity index is 1.57. The van der Waals surface area contributed by atoms with Crippen molar-refractivity contribution in [2.45, 2.75) is 26.6 Å². The maximum Gasteiger partial charge on any atom is 0.276 e. The summed E-state index contributed by atoms with van der Waals surface area (Å²) in [6.07, 6.45) is 5.34. The average Bonchev–Trinajstić information content (AvgIpc) is 3.40. The molecule has 0 saturated carbocycles. The molecule has 0 radical (unpaired) electrons. The van der Waals surface area contributed by atoms with Gasteiger partial charge in [-0.1, -0.05) is 41.4 Å². The summed E-state index contributed by atoms with van der Waals surface area (Å²) in [5.41, 5.74) is 2.75. The van der Waals surface area contributed by atoms with Crippen LogP contribution in [0.4, 0.5) is 0 Å². The van der Waals surface area contributed by atoms with Crippen LogP contribution in [0.3, 0.4) is 0 Å². The number of hydrogen-bond acceptors (Lipinski definition) is 5. The standard InChI is InChI=1S/C24H22Cl2N4O3S/c1-3-29-12-16(11-27-29)13-30-23(31)20(28-24(30)34)10-17-5-4-6-21(32-2)22(17)33-14-15-7-8-18(25)19(26)9-15/h4-12H,3,13-14H2,1-2H3,(H,28,34)/b20-10+. The molecular weight excluding hydrogens is 495 g/mol. The topological polar surface area (TPSA) is 68.6 Å². The molecule has 1 aliphatic heterocycles. The number of amides is 1. The number of methoxy groups -OCH3 is 1. The van der Waals surface area contributed by atoms with Crippen LogP contribution in [-0.4, -0.2) is 32.8 Å². The van der Waals surface area contributed by atoms with Crippen molar-refractivity contribution < 1.29 is 14.3 Å². The van der Waals surface area contributed by atoms with Gasteiger partial charge in [0.25, 0.3) is 5.91 Å². The number of carbonyl (C=O) groups excluding carboxylic acids is 1. The fourth-order valence-electron chi connectivity index (χ4n) is 3.46. The van der Waals surface area contributed by atoms with Crippen molar-refractivity contribution in [3.05, 3.63) is 81.2 Å². The normalized spacial score (nSPS) is 14.6. The summed E-state index contributed by atoms with van der Waals surface area (Å²) >= 11 is 17.5. The van der Waals surface area contributed by atoms with Crippen molar-refractivity contribution in [1.29, 1.82) is 0 Å². The zero-order valence-corrected chi connectivity index (χ0v) is 20.9. The van der Waals surface area contributed by atoms with E-state index in [1.54, 1.807) is 42.3 Å². The van der Waals surface area contributed by atoms with Gasteiger partial charge in [-0.15, -0.1) is 0 Å². The number of nitrogens with zero attached hydrogens (tertiary/aromatic N) is 3. The summed E-state index contributed by atoms with van der Waals surface area (Å²) in [7, 11) is 1.56. The first-order chi connectivity index (χ1) is 16.4. The number of thiocarbonyl (C=S) groups is 1. The number of hydrogen-bond donors (Lipinski definition) is 1. The Morgan fingerprint density at radius 1 is 1.18 bits per heavy atom. The quantitative estimate of drug-likeness (QED) is 0.333. The summed E-state index contributed by atoms with van der Waals surface area (Å²) < 4.78 is 13.4. The number of aryl methyl sites for hydroxylation is 1. The number of carbonyl (C=O) groups is 1. The highest BCUT2D eigenvalue weighted by molar-refractivity contribution is 7.80. The molecule has 0 aliphatic carbocycles. The van der Waals surface area contributed by atoms with E-state index in [0.29, 0.717) is 44.5 Å². The molecule has 0 unspecified atom stereocenters. The average molecular weight is 517 g/mol. The summed E-state index contributed by atoms with van der Waals surface area (Å²) in [6, 6.07) is 10.8. The van der Waals surface area contributed by atoms with Crippen LogP contribution < -0.4 is 14.8 Å². The van der Waals surface area contributed by atoms with Gasteiger partial charge in [0.2, 0.25) is 0 Å². The van der Waals surface area contributed by atoms with Crippen molar-refractivity contribution in [2.75, 3.05) is 7.11 Å². The largest absolute Gasteiger partial charge is 0.493 e. The van der Waals surface area contributed by atoms with E-state index in [-0.39, 0.29) is 12.5 Å². The van der Waals surface area contributed by atoms with Gasteiger partial charge in [0.15, 0.2) is 16.6 Å². The first-order valence-corrected chi connectivity index (χ1v) is 11.7. The molecule has 176 valence electrons. The molecule has 0 spiro atoms. The van der Waals surface area contributed by atoms with Gasteiger partial charge in [-0.2, -0.15) is 5.10 Å². The highest BCUT2D eigenvalue weighted by Gasteiger charge is 2.31. The molecule has 0 atom stereocenters. The van der Waals surface area contributed by atoms with E-state index in [0.717, 1.165) is 17.7 Å². The highest BCUT2D eigenvalue weighted by atomic mass is 35.5. The third-order valence-corrected chi connectivity index (χ3v) is 6.27. The minimum atomic E-state index is -0.229. The zero-order valence-electron chi connectivity index (χ0n) is 18.5. The lowest BCUT2D eigenvalue weighted by Crippen LogP contribution is -2.29. The molecule has 1 aliphatic rings. The molecule has 0 bridgehead atoms. The predicted octanol–water partition coefficient (Wildman–Crippen LogP) is 5.06. The maximum absolute atomic E-state index is 13.1. The van der Waals surface area contributed by atoms with Crippen LogP contribution in [0.25, 0.3) is 6.08 Å². The van der Waals surface area contributed by atoms with Gasteiger partial charge in [0.05, 0.1) is 29.9 Å². The fraction of sp³-hybridized carbons (Fsp3) is 0.208. The SMILES string of the molecule is CCn1cc(CN2C(=O)/C(=C\c3cccc(OC)c3OCc3ccc(Cl)c(Cl)c3)NC2=S)cn1. The van der Waals surface area contributed by atoms with Crippen molar-refractivity contribution in [3.8, 4) is 11.5 Å². The van der Waals surface area contributed by atoms with E-state index in [1.165, 1.54) is 4.90 Å². The molecule has 4 rings (SSSR count). The zero-order chi connectivity index (χ0) is 24.2. The maximum atomic E-state index is 13.1. The molecule has 10 heteroatoms. The Morgan fingerprint density at radius 2 is 2.00 bits per heavy atom. The summed E-state index contributed by atoms with van der Waals surface area (Å²) in [5.74, 6) is 0.797. The van der Waals surface area contributed by atoms with Crippen molar-refractivity contribution >= 4 is 52.5 Å². The number of aromatic nitrogens is 2. The predicted molar refractivity (Wildman–Crippen MR) is 136 cm³/mol. The Bertz CT molecular complexity index is 1270. The second-order valence-corrected chi connectivity index (χ2v) is 8.70. The van der Waals surface area contributed by atoms with E-state index in [4.69, 9.17) is 44.9 Å². The first-order valence-electron chi connectivity index (χ1n) is 10.5. The molecule has 1 fully saturated rings. The van der Waals surface area contributed by atoms with Crippen molar-refractivity contribution in [1.82, 2.24) is 20.0 Å². The number of ether oxygens (including phenoxy) is 2. The van der Waals surface area contributed by atoms with E-state index in [9.17, 15) is 4.79 Å². The smallest absolute Gasteiger partial charge is 0.276 e. The minimum Gasteiger partial charge on any atom is -0.493 e. The van der Waals surface area contributed by atoms with Crippen LogP contribution in [0, 0.1) is 0 Å². The molecule has 1 saturated heterocycles. The molecular formula is C24H22Cl2N4O3S. The van der Waals surface area contributed by atoms with Crippen molar-refractivity contribution in [2.24, 2.45) is 0 Å². The van der Waals surface area contributed by atoms with Crippen LogP contribution in [0.1, 0.15) is 23.6 Å². The van der Waals surface area contributed by atoms with E-state index >= 15 is 0 Å². The Kier molecular flexibility index (Phi) is 7.41. The Labute approximate surface area is 212 Å². The minimum absolute atomic E-state index is 0.229. The van der Waals surface area contributed by atoms with E-state index in [1.807, 2.05) is 31.3 Å². The van der Waals surface area contributed by atoms with Crippen LogP contribution in [0.15, 0.2) is 54.5 Å². The number of nitrogens with one attached hydrogen (secondary N) is 1. The molecule has 2 heterocycles. The third kappa shape index (κ3) is 5.19. The summed E-state index contributed by atoms with van der Waals surface area (Å²) in [6.45, 7) is 3.32. The van der Waals surface area contributed by atoms with Crippen LogP contribution in [-0.2, 0) is 24.5 Å². The number of para-hydroxylation sites is 1. The second-order valence-electron chi connectivity index (χ2n) is 7.50. The number of benzene rings is 2. The highest BCUT2D eigenvalue weighted by Crippen LogP contribution is 2.34. The summed E-state index contributed by atoms with van der Waals surface area (Å²) in [4.78, 5) is 14.6. The molecule has 7 nitrogen and oxygen atoms in total.